The second kappa shape index (κ2) is 62.7. The highest BCUT2D eigenvalue weighted by atomic mass is 16.6. The fourth-order valence-corrected chi connectivity index (χ4v) is 10.3. The summed E-state index contributed by atoms with van der Waals surface area (Å²) in [5.74, 6) is -0.842. The molecule has 1 atom stereocenters. The first-order chi connectivity index (χ1) is 36.0. The molecule has 0 aromatic carbocycles. The van der Waals surface area contributed by atoms with Gasteiger partial charge in [-0.3, -0.25) is 14.4 Å². The minimum absolute atomic E-state index is 0.0628. The average molecular weight is 1030 g/mol. The molecule has 6 nitrogen and oxygen atoms in total. The van der Waals surface area contributed by atoms with Crippen molar-refractivity contribution in [3.05, 3.63) is 12.2 Å². The lowest BCUT2D eigenvalue weighted by Gasteiger charge is -2.18. The third kappa shape index (κ3) is 60.9. The minimum Gasteiger partial charge on any atom is -0.462 e. The van der Waals surface area contributed by atoms with Crippen molar-refractivity contribution in [2.24, 2.45) is 0 Å². The van der Waals surface area contributed by atoms with Crippen molar-refractivity contribution in [1.29, 1.82) is 0 Å². The second-order valence-electron chi connectivity index (χ2n) is 22.7. The monoisotopic (exact) mass is 1030 g/mol. The molecule has 0 aromatic rings. The summed E-state index contributed by atoms with van der Waals surface area (Å²) < 4.78 is 16.8. The molecule has 1 unspecified atom stereocenters. The first kappa shape index (κ1) is 71.2. The molecule has 0 aliphatic carbocycles. The first-order valence-corrected chi connectivity index (χ1v) is 33.2. The van der Waals surface area contributed by atoms with E-state index in [1.54, 1.807) is 0 Å². The molecule has 0 saturated carbocycles. The van der Waals surface area contributed by atoms with E-state index in [-0.39, 0.29) is 31.1 Å². The maximum atomic E-state index is 12.8. The molecule has 0 rings (SSSR count). The summed E-state index contributed by atoms with van der Waals surface area (Å²) in [5.41, 5.74) is 0. The largest absolute Gasteiger partial charge is 0.462 e. The van der Waals surface area contributed by atoms with Crippen LogP contribution >= 0.6 is 0 Å². The maximum Gasteiger partial charge on any atom is 0.306 e. The van der Waals surface area contributed by atoms with Gasteiger partial charge in [0.1, 0.15) is 13.2 Å². The Hall–Kier alpha value is -1.85. The van der Waals surface area contributed by atoms with Crippen molar-refractivity contribution in [2.45, 2.75) is 386 Å². The van der Waals surface area contributed by atoms with Crippen LogP contribution in [0.3, 0.4) is 0 Å². The molecule has 0 aliphatic rings. The van der Waals surface area contributed by atoms with Crippen LogP contribution in [-0.2, 0) is 28.6 Å². The Labute approximate surface area is 456 Å². The molecule has 6 heteroatoms. The number of unbranched alkanes of at least 4 members (excludes halogenated alkanes) is 49. The summed E-state index contributed by atoms with van der Waals surface area (Å²) in [6.45, 7) is 6.67. The summed E-state index contributed by atoms with van der Waals surface area (Å²) >= 11 is 0. The van der Waals surface area contributed by atoms with Gasteiger partial charge in [0.2, 0.25) is 0 Å². The van der Waals surface area contributed by atoms with Crippen LogP contribution in [0.25, 0.3) is 0 Å². The zero-order valence-electron chi connectivity index (χ0n) is 49.7. The summed E-state index contributed by atoms with van der Waals surface area (Å²) in [6.07, 6.45) is 74.2. The van der Waals surface area contributed by atoms with Crippen molar-refractivity contribution in [2.75, 3.05) is 13.2 Å². The van der Waals surface area contributed by atoms with E-state index in [1.807, 2.05) is 0 Å². The Morgan fingerprint density at radius 1 is 0.260 bits per heavy atom. The molecular weight excluding hydrogens is 901 g/mol. The summed E-state index contributed by atoms with van der Waals surface area (Å²) in [5, 5.41) is 0. The highest BCUT2D eigenvalue weighted by molar-refractivity contribution is 5.71. The SMILES string of the molecule is CCCCCCCCCC/C=C\CCCCCCCCCCCCCCCCCCCCCCCCCC(=O)OCC(COC(=O)CCCCCCCCCCC)OC(=O)CCCCCCCCCCCCC. The molecule has 0 radical (unpaired) electrons. The van der Waals surface area contributed by atoms with Gasteiger partial charge >= 0.3 is 17.9 Å². The van der Waals surface area contributed by atoms with Crippen LogP contribution in [0, 0.1) is 0 Å². The number of carbonyl (C=O) groups is 3. The number of ether oxygens (including phenoxy) is 3. The van der Waals surface area contributed by atoms with Gasteiger partial charge in [0.25, 0.3) is 0 Å². The molecule has 0 aromatic heterocycles. The maximum absolute atomic E-state index is 12.8. The fourth-order valence-electron chi connectivity index (χ4n) is 10.3. The summed E-state index contributed by atoms with van der Waals surface area (Å²) in [4.78, 5) is 38.0. The Balaban J connectivity index is 3.88. The molecular formula is C67H128O6. The zero-order chi connectivity index (χ0) is 52.9. The minimum atomic E-state index is -0.761. The normalized spacial score (nSPS) is 12.0. The molecule has 0 heterocycles. The number of rotatable bonds is 62. The second-order valence-corrected chi connectivity index (χ2v) is 22.7. The van der Waals surface area contributed by atoms with E-state index in [1.165, 1.54) is 283 Å². The molecule has 0 saturated heterocycles. The Morgan fingerprint density at radius 2 is 0.452 bits per heavy atom. The van der Waals surface area contributed by atoms with Crippen molar-refractivity contribution < 1.29 is 28.6 Å². The number of esters is 3. The van der Waals surface area contributed by atoms with Crippen LogP contribution in [0.2, 0.25) is 0 Å². The third-order valence-corrected chi connectivity index (χ3v) is 15.3. The topological polar surface area (TPSA) is 78.9 Å². The molecule has 0 N–H and O–H groups in total. The van der Waals surface area contributed by atoms with E-state index in [4.69, 9.17) is 14.2 Å². The van der Waals surface area contributed by atoms with Gasteiger partial charge in [0.05, 0.1) is 0 Å². The van der Waals surface area contributed by atoms with Gasteiger partial charge in [-0.2, -0.15) is 0 Å². The van der Waals surface area contributed by atoms with Crippen molar-refractivity contribution in [1.82, 2.24) is 0 Å². The van der Waals surface area contributed by atoms with Crippen LogP contribution in [0.4, 0.5) is 0 Å². The number of carbonyl (C=O) groups excluding carboxylic acids is 3. The zero-order valence-corrected chi connectivity index (χ0v) is 49.7. The number of allylic oxidation sites excluding steroid dienone is 2. The molecule has 432 valence electrons. The van der Waals surface area contributed by atoms with Gasteiger partial charge in [-0.25, -0.2) is 0 Å². The predicted octanol–water partition coefficient (Wildman–Crippen LogP) is 22.4. The van der Waals surface area contributed by atoms with E-state index < -0.39 is 6.10 Å². The summed E-state index contributed by atoms with van der Waals surface area (Å²) in [7, 11) is 0. The van der Waals surface area contributed by atoms with Gasteiger partial charge in [-0.05, 0) is 44.9 Å². The van der Waals surface area contributed by atoms with Crippen molar-refractivity contribution in [3.8, 4) is 0 Å². The Kier molecular flexibility index (Phi) is 61.1. The smallest absolute Gasteiger partial charge is 0.306 e. The first-order valence-electron chi connectivity index (χ1n) is 33.2. The van der Waals surface area contributed by atoms with Crippen LogP contribution in [0.1, 0.15) is 380 Å². The molecule has 0 spiro atoms. The van der Waals surface area contributed by atoms with Gasteiger partial charge in [0.15, 0.2) is 6.10 Å². The lowest BCUT2D eigenvalue weighted by molar-refractivity contribution is -0.167. The van der Waals surface area contributed by atoms with E-state index in [9.17, 15) is 14.4 Å². The van der Waals surface area contributed by atoms with Gasteiger partial charge in [0, 0.05) is 19.3 Å². The van der Waals surface area contributed by atoms with Gasteiger partial charge in [-0.1, -0.05) is 328 Å². The highest BCUT2D eigenvalue weighted by Gasteiger charge is 2.19. The lowest BCUT2D eigenvalue weighted by atomic mass is 10.0. The van der Waals surface area contributed by atoms with Crippen LogP contribution in [0.15, 0.2) is 12.2 Å². The average Bonchev–Trinajstić information content (AvgIpc) is 3.39. The van der Waals surface area contributed by atoms with Crippen LogP contribution in [-0.4, -0.2) is 37.2 Å². The van der Waals surface area contributed by atoms with E-state index in [2.05, 4.69) is 32.9 Å². The lowest BCUT2D eigenvalue weighted by Crippen LogP contribution is -2.30. The van der Waals surface area contributed by atoms with Crippen molar-refractivity contribution >= 4 is 17.9 Å². The van der Waals surface area contributed by atoms with Crippen LogP contribution < -0.4 is 0 Å². The Bertz CT molecular complexity index is 1130. The third-order valence-electron chi connectivity index (χ3n) is 15.3. The van der Waals surface area contributed by atoms with Crippen LogP contribution in [0.5, 0.6) is 0 Å². The predicted molar refractivity (Wildman–Crippen MR) is 317 cm³/mol. The van der Waals surface area contributed by atoms with Gasteiger partial charge in [-0.15, -0.1) is 0 Å². The van der Waals surface area contributed by atoms with E-state index >= 15 is 0 Å². The van der Waals surface area contributed by atoms with E-state index in [0.29, 0.717) is 19.3 Å². The van der Waals surface area contributed by atoms with Gasteiger partial charge < -0.3 is 14.2 Å². The molecule has 0 aliphatic heterocycles. The fraction of sp³-hybridized carbons (Fsp3) is 0.925. The number of hydrogen-bond donors (Lipinski definition) is 0. The standard InChI is InChI=1S/C67H128O6/c1-4-7-10-13-16-19-21-22-23-24-25-26-27-28-29-30-31-32-33-34-35-36-37-38-39-40-41-42-43-44-46-48-51-54-57-60-66(69)72-63-64(62-71-65(68)59-56-53-50-47-18-15-12-9-6-3)73-67(70)61-58-55-52-49-45-20-17-14-11-8-5-2/h24-25,64H,4-23,26-63H2,1-3H3/b25-24-. The quantitative estimate of drug-likeness (QED) is 0.0261. The Morgan fingerprint density at radius 3 is 0.685 bits per heavy atom. The summed E-state index contributed by atoms with van der Waals surface area (Å²) in [6, 6.07) is 0. The molecule has 73 heavy (non-hydrogen) atoms. The molecule has 0 bridgehead atoms. The molecule has 0 amide bonds. The van der Waals surface area contributed by atoms with Crippen molar-refractivity contribution in [3.63, 3.8) is 0 Å². The highest BCUT2D eigenvalue weighted by Crippen LogP contribution is 2.18. The number of hydrogen-bond acceptors (Lipinski definition) is 6. The molecule has 0 fully saturated rings. The van der Waals surface area contributed by atoms with E-state index in [0.717, 1.165) is 57.8 Å².